The largest absolute Gasteiger partial charge is 0.493 e. The van der Waals surface area contributed by atoms with Crippen molar-refractivity contribution in [3.05, 3.63) is 52.6 Å². The van der Waals surface area contributed by atoms with Gasteiger partial charge in [0.25, 0.3) is 5.39 Å². The molecule has 8 heteroatoms. The number of methoxy groups -OCH3 is 1. The second kappa shape index (κ2) is 10.8. The Bertz CT molecular complexity index is 879. The summed E-state index contributed by atoms with van der Waals surface area (Å²) in [5.74, 6) is 1.66. The van der Waals surface area contributed by atoms with Gasteiger partial charge in [-0.25, -0.2) is 0 Å². The smallest absolute Gasteiger partial charge is 0.305 e. The SMILES string of the molecule is COc1cc(NC(C)=O)ccc1OCCN(CCOc1ccc(C)c(C)c1)[N+]#N. The minimum absolute atomic E-state index is 0.163. The Kier molecular flexibility index (Phi) is 8.10. The molecule has 1 amide bonds. The summed E-state index contributed by atoms with van der Waals surface area (Å²) in [4.78, 5) is 11.2. The predicted molar refractivity (Wildman–Crippen MR) is 111 cm³/mol. The van der Waals surface area contributed by atoms with Crippen molar-refractivity contribution in [2.45, 2.75) is 20.8 Å². The number of carbonyl (C=O) groups is 1. The van der Waals surface area contributed by atoms with Gasteiger partial charge in [0.1, 0.15) is 32.1 Å². The summed E-state index contributed by atoms with van der Waals surface area (Å²) in [7, 11) is 1.53. The van der Waals surface area contributed by atoms with E-state index in [0.717, 1.165) is 11.3 Å². The molecule has 2 aromatic rings. The average Bonchev–Trinajstić information content (AvgIpc) is 2.69. The minimum Gasteiger partial charge on any atom is -0.493 e. The molecule has 0 saturated carbocycles. The Balaban J connectivity index is 1.81. The molecule has 0 bridgehead atoms. The molecule has 0 atom stereocenters. The summed E-state index contributed by atoms with van der Waals surface area (Å²) in [6.45, 7) is 6.95. The summed E-state index contributed by atoms with van der Waals surface area (Å²) >= 11 is 0. The van der Waals surface area contributed by atoms with E-state index in [2.05, 4.69) is 10.4 Å². The fourth-order valence-corrected chi connectivity index (χ4v) is 2.60. The molecule has 2 rings (SSSR count). The number of hydrogen-bond acceptors (Lipinski definition) is 6. The molecule has 0 radical (unpaired) electrons. The number of aryl methyl sites for hydroxylation is 2. The lowest BCUT2D eigenvalue weighted by atomic mass is 10.1. The van der Waals surface area contributed by atoms with E-state index in [0.29, 0.717) is 36.9 Å². The molecule has 0 saturated heterocycles. The maximum absolute atomic E-state index is 11.2. The summed E-state index contributed by atoms with van der Waals surface area (Å²) < 4.78 is 16.7. The van der Waals surface area contributed by atoms with Crippen molar-refractivity contribution in [3.63, 3.8) is 0 Å². The van der Waals surface area contributed by atoms with E-state index in [1.165, 1.54) is 24.6 Å². The van der Waals surface area contributed by atoms with Crippen molar-refractivity contribution in [2.24, 2.45) is 0 Å². The van der Waals surface area contributed by atoms with Crippen molar-refractivity contribution in [1.29, 1.82) is 5.39 Å². The molecular formula is C21H27N4O4+. The van der Waals surface area contributed by atoms with Gasteiger partial charge < -0.3 is 19.5 Å². The molecule has 0 aliphatic carbocycles. The Labute approximate surface area is 171 Å². The van der Waals surface area contributed by atoms with Gasteiger partial charge in [0.2, 0.25) is 5.91 Å². The Hall–Kier alpha value is -3.47. The molecular weight excluding hydrogens is 372 g/mol. The standard InChI is InChI=1S/C21H26N4O4/c1-15-5-7-19(13-16(15)2)28-11-9-25(24-22)10-12-29-20-8-6-18(23-17(3)26)14-21(20)27-4/h5-8,13-14H,9-12H2,1-4H3/p+1. The second-order valence-corrected chi connectivity index (χ2v) is 6.53. The quantitative estimate of drug-likeness (QED) is 0.483. The van der Waals surface area contributed by atoms with Gasteiger partial charge in [0.15, 0.2) is 11.5 Å². The number of benzene rings is 2. The lowest BCUT2D eigenvalue weighted by molar-refractivity contribution is -0.114. The number of ether oxygens (including phenoxy) is 3. The fraction of sp³-hybridized carbons (Fsp3) is 0.381. The van der Waals surface area contributed by atoms with Crippen LogP contribution in [0.15, 0.2) is 36.4 Å². The lowest BCUT2D eigenvalue weighted by Gasteiger charge is -2.13. The van der Waals surface area contributed by atoms with Crippen LogP contribution in [0.5, 0.6) is 17.2 Å². The normalized spacial score (nSPS) is 10.0. The van der Waals surface area contributed by atoms with Gasteiger partial charge in [-0.1, -0.05) is 6.07 Å². The maximum atomic E-state index is 11.2. The zero-order valence-electron chi connectivity index (χ0n) is 17.3. The second-order valence-electron chi connectivity index (χ2n) is 6.53. The molecule has 29 heavy (non-hydrogen) atoms. The van der Waals surface area contributed by atoms with E-state index in [1.54, 1.807) is 18.2 Å². The van der Waals surface area contributed by atoms with Crippen LogP contribution in [0.2, 0.25) is 0 Å². The first-order chi connectivity index (χ1) is 13.9. The van der Waals surface area contributed by atoms with Crippen molar-refractivity contribution in [2.75, 3.05) is 38.7 Å². The highest BCUT2D eigenvalue weighted by atomic mass is 16.5. The zero-order chi connectivity index (χ0) is 21.2. The summed E-state index contributed by atoms with van der Waals surface area (Å²) in [5.41, 5.74) is 3.00. The summed E-state index contributed by atoms with van der Waals surface area (Å²) in [5, 5.41) is 16.6. The Morgan fingerprint density at radius 2 is 1.76 bits per heavy atom. The van der Waals surface area contributed by atoms with Gasteiger partial charge in [-0.05, 0) is 54.2 Å². The highest BCUT2D eigenvalue weighted by molar-refractivity contribution is 5.89. The summed E-state index contributed by atoms with van der Waals surface area (Å²) in [6.07, 6.45) is 0. The van der Waals surface area contributed by atoms with E-state index < -0.39 is 0 Å². The number of rotatable bonds is 10. The number of carbonyl (C=O) groups excluding carboxylic acids is 1. The van der Waals surface area contributed by atoms with E-state index in [9.17, 15) is 10.2 Å². The van der Waals surface area contributed by atoms with E-state index in [4.69, 9.17) is 14.2 Å². The molecule has 0 heterocycles. The highest BCUT2D eigenvalue weighted by Gasteiger charge is 2.15. The first kappa shape index (κ1) is 21.8. The number of amides is 1. The molecule has 0 spiro atoms. The summed E-state index contributed by atoms with van der Waals surface area (Å²) in [6, 6.07) is 11.0. The van der Waals surface area contributed by atoms with Gasteiger partial charge in [0.05, 0.1) is 7.11 Å². The third-order valence-electron chi connectivity index (χ3n) is 4.31. The van der Waals surface area contributed by atoms with Gasteiger partial charge in [-0.3, -0.25) is 4.79 Å². The topological polar surface area (TPSA) is 88.2 Å². The first-order valence-corrected chi connectivity index (χ1v) is 9.31. The molecule has 8 nitrogen and oxygen atoms in total. The lowest BCUT2D eigenvalue weighted by Crippen LogP contribution is -2.26. The highest BCUT2D eigenvalue weighted by Crippen LogP contribution is 2.30. The maximum Gasteiger partial charge on any atom is 0.305 e. The van der Waals surface area contributed by atoms with Gasteiger partial charge >= 0.3 is 5.08 Å². The minimum atomic E-state index is -0.163. The van der Waals surface area contributed by atoms with Crippen LogP contribution in [-0.4, -0.2) is 44.3 Å². The predicted octanol–water partition coefficient (Wildman–Crippen LogP) is 3.80. The van der Waals surface area contributed by atoms with Crippen LogP contribution in [0.1, 0.15) is 18.1 Å². The first-order valence-electron chi connectivity index (χ1n) is 9.31. The molecule has 0 fully saturated rings. The van der Waals surface area contributed by atoms with Gasteiger partial charge in [-0.15, -0.1) is 0 Å². The Morgan fingerprint density at radius 1 is 1.03 bits per heavy atom. The van der Waals surface area contributed by atoms with Crippen molar-refractivity contribution < 1.29 is 19.0 Å². The third kappa shape index (κ3) is 6.88. The average molecular weight is 399 g/mol. The number of anilines is 1. The van der Waals surface area contributed by atoms with Crippen LogP contribution in [0.3, 0.4) is 0 Å². The van der Waals surface area contributed by atoms with E-state index in [1.807, 2.05) is 32.0 Å². The van der Waals surface area contributed by atoms with Crippen LogP contribution < -0.4 is 19.5 Å². The Morgan fingerprint density at radius 3 is 2.38 bits per heavy atom. The molecule has 154 valence electrons. The van der Waals surface area contributed by atoms with Crippen molar-refractivity contribution in [1.82, 2.24) is 5.01 Å². The van der Waals surface area contributed by atoms with E-state index >= 15 is 0 Å². The van der Waals surface area contributed by atoms with Crippen LogP contribution in [0, 0.1) is 19.2 Å². The number of hydrogen-bond donors (Lipinski definition) is 1. The van der Waals surface area contributed by atoms with Gasteiger partial charge in [-0.2, -0.15) is 0 Å². The van der Waals surface area contributed by atoms with E-state index in [-0.39, 0.29) is 12.5 Å². The van der Waals surface area contributed by atoms with Gasteiger partial charge in [0, 0.05) is 18.7 Å². The van der Waals surface area contributed by atoms with Crippen molar-refractivity contribution >= 4 is 11.6 Å². The van der Waals surface area contributed by atoms with Crippen LogP contribution in [0.4, 0.5) is 5.69 Å². The zero-order valence-corrected chi connectivity index (χ0v) is 17.3. The monoisotopic (exact) mass is 399 g/mol. The molecule has 0 unspecified atom stereocenters. The fourth-order valence-electron chi connectivity index (χ4n) is 2.60. The third-order valence-corrected chi connectivity index (χ3v) is 4.31. The van der Waals surface area contributed by atoms with Crippen LogP contribution >= 0.6 is 0 Å². The number of nitrogens with zero attached hydrogens (tertiary/aromatic N) is 3. The van der Waals surface area contributed by atoms with Crippen molar-refractivity contribution in [3.8, 4) is 17.2 Å². The van der Waals surface area contributed by atoms with Crippen LogP contribution in [-0.2, 0) is 4.79 Å². The number of nitrogens with one attached hydrogen (secondary N) is 1. The number of diazo groups is 1. The molecule has 0 aliphatic heterocycles. The molecule has 1 N–H and O–H groups in total. The molecule has 0 aromatic heterocycles. The molecule has 0 aliphatic rings. The van der Waals surface area contributed by atoms with Crippen LogP contribution in [0.25, 0.3) is 5.08 Å². The molecule has 2 aromatic carbocycles.